The average molecular weight is 314 g/mol. The third-order valence-corrected chi connectivity index (χ3v) is 3.73. The molecule has 0 saturated carbocycles. The first kappa shape index (κ1) is 16.7. The van der Waals surface area contributed by atoms with Gasteiger partial charge in [-0.25, -0.2) is 4.79 Å². The summed E-state index contributed by atoms with van der Waals surface area (Å²) in [4.78, 5) is 21.8. The highest BCUT2D eigenvalue weighted by atomic mass is 16.4. The van der Waals surface area contributed by atoms with Crippen molar-refractivity contribution >= 4 is 11.9 Å². The molecular weight excluding hydrogens is 296 g/mol. The van der Waals surface area contributed by atoms with Crippen LogP contribution in [0.15, 0.2) is 54.6 Å². The number of aryl methyl sites for hydroxylation is 1. The fourth-order valence-corrected chi connectivity index (χ4v) is 2.37. The molecular formula is C18H18O5. The molecule has 0 saturated heterocycles. The highest BCUT2D eigenvalue weighted by Gasteiger charge is 2.37. The Morgan fingerprint density at radius 2 is 1.43 bits per heavy atom. The first-order chi connectivity index (χ1) is 10.9. The van der Waals surface area contributed by atoms with Gasteiger partial charge < -0.3 is 15.3 Å². The largest absolute Gasteiger partial charge is 0.481 e. The van der Waals surface area contributed by atoms with Gasteiger partial charge in [-0.2, -0.15) is 0 Å². The van der Waals surface area contributed by atoms with Crippen LogP contribution in [0.1, 0.15) is 18.4 Å². The second-order valence-electron chi connectivity index (χ2n) is 5.47. The highest BCUT2D eigenvalue weighted by Crippen LogP contribution is 2.22. The van der Waals surface area contributed by atoms with Crippen molar-refractivity contribution in [2.45, 2.75) is 24.9 Å². The quantitative estimate of drug-likeness (QED) is 0.730. The topological polar surface area (TPSA) is 94.8 Å². The van der Waals surface area contributed by atoms with Gasteiger partial charge in [-0.1, -0.05) is 54.6 Å². The molecule has 0 aliphatic rings. The first-order valence-electron chi connectivity index (χ1n) is 7.23. The summed E-state index contributed by atoms with van der Waals surface area (Å²) in [5.74, 6) is -2.85. The van der Waals surface area contributed by atoms with Crippen LogP contribution in [0.25, 0.3) is 11.1 Å². The zero-order valence-electron chi connectivity index (χ0n) is 12.5. The molecule has 1 unspecified atom stereocenters. The number of benzene rings is 2. The fourth-order valence-electron chi connectivity index (χ4n) is 2.37. The van der Waals surface area contributed by atoms with E-state index in [2.05, 4.69) is 0 Å². The molecule has 0 bridgehead atoms. The number of hydrogen-bond acceptors (Lipinski definition) is 3. The number of aliphatic hydroxyl groups is 1. The zero-order valence-corrected chi connectivity index (χ0v) is 12.5. The van der Waals surface area contributed by atoms with Gasteiger partial charge >= 0.3 is 11.9 Å². The van der Waals surface area contributed by atoms with Crippen molar-refractivity contribution in [2.24, 2.45) is 0 Å². The van der Waals surface area contributed by atoms with Gasteiger partial charge in [-0.05, 0) is 29.5 Å². The van der Waals surface area contributed by atoms with Gasteiger partial charge in [0.2, 0.25) is 0 Å². The van der Waals surface area contributed by atoms with Gasteiger partial charge in [0, 0.05) is 0 Å². The van der Waals surface area contributed by atoms with E-state index in [1.807, 2.05) is 54.6 Å². The van der Waals surface area contributed by atoms with Crippen molar-refractivity contribution in [1.29, 1.82) is 0 Å². The Balaban J connectivity index is 2.06. The molecule has 23 heavy (non-hydrogen) atoms. The number of carboxylic acid groups (broad SMARTS) is 2. The maximum Gasteiger partial charge on any atom is 0.336 e. The van der Waals surface area contributed by atoms with Crippen LogP contribution in [0.3, 0.4) is 0 Å². The third kappa shape index (κ3) is 4.40. The predicted octanol–water partition coefficient (Wildman–Crippen LogP) is 2.58. The van der Waals surface area contributed by atoms with Crippen molar-refractivity contribution in [3.8, 4) is 11.1 Å². The standard InChI is InChI=1S/C18H18O5/c19-16(20)12-18(23,17(21)22)11-10-13-6-8-15(9-7-13)14-4-2-1-3-5-14/h1-9,23H,10-12H2,(H,19,20)(H,21,22). The number of hydrogen-bond donors (Lipinski definition) is 3. The lowest BCUT2D eigenvalue weighted by molar-refractivity contribution is -0.166. The highest BCUT2D eigenvalue weighted by molar-refractivity contribution is 5.83. The minimum absolute atomic E-state index is 0.153. The lowest BCUT2D eigenvalue weighted by Gasteiger charge is -2.21. The molecule has 0 spiro atoms. The summed E-state index contributed by atoms with van der Waals surface area (Å²) in [6, 6.07) is 17.4. The van der Waals surface area contributed by atoms with E-state index in [9.17, 15) is 14.7 Å². The van der Waals surface area contributed by atoms with Crippen molar-refractivity contribution < 1.29 is 24.9 Å². The smallest absolute Gasteiger partial charge is 0.336 e. The van der Waals surface area contributed by atoms with E-state index in [1.54, 1.807) is 0 Å². The molecule has 3 N–H and O–H groups in total. The Labute approximate surface area is 133 Å². The molecule has 0 heterocycles. The van der Waals surface area contributed by atoms with Crippen molar-refractivity contribution in [2.75, 3.05) is 0 Å². The van der Waals surface area contributed by atoms with Crippen molar-refractivity contribution in [3.05, 3.63) is 60.2 Å². The molecule has 5 heteroatoms. The normalized spacial score (nSPS) is 13.3. The molecule has 0 aromatic heterocycles. The molecule has 5 nitrogen and oxygen atoms in total. The van der Waals surface area contributed by atoms with Crippen LogP contribution in [0, 0.1) is 0 Å². The molecule has 2 rings (SSSR count). The van der Waals surface area contributed by atoms with Crippen molar-refractivity contribution in [3.63, 3.8) is 0 Å². The number of aliphatic carboxylic acids is 2. The summed E-state index contributed by atoms with van der Waals surface area (Å²) in [5, 5.41) is 27.7. The number of rotatable bonds is 7. The van der Waals surface area contributed by atoms with E-state index in [-0.39, 0.29) is 12.8 Å². The average Bonchev–Trinajstić information content (AvgIpc) is 2.53. The van der Waals surface area contributed by atoms with E-state index < -0.39 is 24.0 Å². The van der Waals surface area contributed by atoms with Crippen molar-refractivity contribution in [1.82, 2.24) is 0 Å². The van der Waals surface area contributed by atoms with E-state index in [1.165, 1.54) is 0 Å². The Morgan fingerprint density at radius 3 is 1.96 bits per heavy atom. The van der Waals surface area contributed by atoms with E-state index in [0.29, 0.717) is 0 Å². The Kier molecular flexibility index (Phi) is 5.13. The molecule has 0 radical (unpaired) electrons. The summed E-state index contributed by atoms with van der Waals surface area (Å²) in [6.45, 7) is 0. The lowest BCUT2D eigenvalue weighted by Crippen LogP contribution is -2.41. The summed E-state index contributed by atoms with van der Waals surface area (Å²) >= 11 is 0. The van der Waals surface area contributed by atoms with Crippen LogP contribution in [0.5, 0.6) is 0 Å². The second kappa shape index (κ2) is 7.07. The molecule has 0 fully saturated rings. The van der Waals surface area contributed by atoms with Crippen LogP contribution in [-0.2, 0) is 16.0 Å². The molecule has 0 aliphatic carbocycles. The predicted molar refractivity (Wildman–Crippen MR) is 85.0 cm³/mol. The molecule has 2 aromatic carbocycles. The van der Waals surface area contributed by atoms with E-state index in [4.69, 9.17) is 10.2 Å². The van der Waals surface area contributed by atoms with Crippen LogP contribution < -0.4 is 0 Å². The molecule has 120 valence electrons. The van der Waals surface area contributed by atoms with Gasteiger partial charge in [0.05, 0.1) is 6.42 Å². The second-order valence-corrected chi connectivity index (χ2v) is 5.47. The van der Waals surface area contributed by atoms with Crippen LogP contribution in [0.4, 0.5) is 0 Å². The van der Waals surface area contributed by atoms with Crippen LogP contribution in [0.2, 0.25) is 0 Å². The van der Waals surface area contributed by atoms with E-state index >= 15 is 0 Å². The maximum atomic E-state index is 11.1. The molecule has 2 aromatic rings. The third-order valence-electron chi connectivity index (χ3n) is 3.73. The Morgan fingerprint density at radius 1 is 0.870 bits per heavy atom. The van der Waals surface area contributed by atoms with Gasteiger partial charge in [0.1, 0.15) is 0 Å². The molecule has 0 amide bonds. The van der Waals surface area contributed by atoms with Gasteiger partial charge in [-0.3, -0.25) is 4.79 Å². The monoisotopic (exact) mass is 314 g/mol. The summed E-state index contributed by atoms with van der Waals surface area (Å²) in [6.07, 6.45) is -0.686. The van der Waals surface area contributed by atoms with Gasteiger partial charge in [0.25, 0.3) is 0 Å². The minimum Gasteiger partial charge on any atom is -0.481 e. The zero-order chi connectivity index (χ0) is 16.9. The van der Waals surface area contributed by atoms with Crippen LogP contribution >= 0.6 is 0 Å². The van der Waals surface area contributed by atoms with Gasteiger partial charge in [-0.15, -0.1) is 0 Å². The first-order valence-corrected chi connectivity index (χ1v) is 7.23. The maximum absolute atomic E-state index is 11.1. The lowest BCUT2D eigenvalue weighted by atomic mass is 9.91. The Bertz CT molecular complexity index is 678. The van der Waals surface area contributed by atoms with Gasteiger partial charge in [0.15, 0.2) is 5.60 Å². The number of carbonyl (C=O) groups is 2. The van der Waals surface area contributed by atoms with Crippen LogP contribution in [-0.4, -0.2) is 32.9 Å². The Hall–Kier alpha value is -2.66. The SMILES string of the molecule is O=C(O)CC(O)(CCc1ccc(-c2ccccc2)cc1)C(=O)O. The summed E-state index contributed by atoms with van der Waals surface area (Å²) < 4.78 is 0. The molecule has 0 aliphatic heterocycles. The minimum atomic E-state index is -2.25. The number of carboxylic acids is 2. The fraction of sp³-hybridized carbons (Fsp3) is 0.222. The summed E-state index contributed by atoms with van der Waals surface area (Å²) in [7, 11) is 0. The molecule has 1 atom stereocenters. The summed E-state index contributed by atoms with van der Waals surface area (Å²) in [5.41, 5.74) is 0.708. The van der Waals surface area contributed by atoms with E-state index in [0.717, 1.165) is 16.7 Å².